The van der Waals surface area contributed by atoms with Crippen LogP contribution in [0.4, 0.5) is 0 Å². The number of nitrogens with one attached hydrogen (secondary N) is 1. The Hall–Kier alpha value is -3.89. The third-order valence-electron chi connectivity index (χ3n) is 7.27. The molecule has 1 saturated heterocycles. The second kappa shape index (κ2) is 15.0. The van der Waals surface area contributed by atoms with Crippen LogP contribution in [0.15, 0.2) is 18.2 Å². The zero-order valence-corrected chi connectivity index (χ0v) is 32.7. The minimum atomic E-state index is -1.84. The van der Waals surface area contributed by atoms with Gasteiger partial charge in [0, 0.05) is 11.0 Å². The van der Waals surface area contributed by atoms with Crippen LogP contribution >= 0.6 is 0 Å². The maximum Gasteiger partial charge on any atom is 0.311 e. The summed E-state index contributed by atoms with van der Waals surface area (Å²) in [5, 5.41) is 7.75. The van der Waals surface area contributed by atoms with E-state index in [-0.39, 0.29) is 26.6 Å². The molecule has 1 aliphatic heterocycles. The van der Waals surface area contributed by atoms with Gasteiger partial charge in [-0.25, -0.2) is 0 Å². The van der Waals surface area contributed by atoms with E-state index in [1.807, 2.05) is 0 Å². The van der Waals surface area contributed by atoms with Gasteiger partial charge in [-0.3, -0.25) is 24.3 Å². The fourth-order valence-corrected chi connectivity index (χ4v) is 4.82. The Morgan fingerprint density at radius 2 is 1.31 bits per heavy atom. The van der Waals surface area contributed by atoms with E-state index in [2.05, 4.69) is 41.3 Å². The molecule has 51 heavy (non-hydrogen) atoms. The van der Waals surface area contributed by atoms with Gasteiger partial charge in [0.25, 0.3) is 0 Å². The molecule has 1 fully saturated rings. The average molecular weight is 733 g/mol. The van der Waals surface area contributed by atoms with Crippen molar-refractivity contribution >= 4 is 42.9 Å². The summed E-state index contributed by atoms with van der Waals surface area (Å²) < 4.78 is 68.3. The van der Waals surface area contributed by atoms with Crippen molar-refractivity contribution in [3.63, 3.8) is 0 Å². The predicted molar refractivity (Wildman–Crippen MR) is 194 cm³/mol. The van der Waals surface area contributed by atoms with Crippen LogP contribution < -0.4 is 4.74 Å². The predicted octanol–water partition coefficient (Wildman–Crippen LogP) is 6.36. The van der Waals surface area contributed by atoms with Crippen molar-refractivity contribution in [1.29, 1.82) is 0 Å². The Balaban J connectivity index is 2.31. The van der Waals surface area contributed by atoms with Gasteiger partial charge in [-0.1, -0.05) is 31.6 Å². The molecule has 2 heterocycles. The summed E-state index contributed by atoms with van der Waals surface area (Å²) >= 11 is 0. The summed E-state index contributed by atoms with van der Waals surface area (Å²) in [6, 6.07) is 5.35. The lowest BCUT2D eigenvalue weighted by Crippen LogP contribution is -2.65. The number of hydrogen-bond donors (Lipinski definition) is 1. The molecule has 0 spiro atoms. The Kier molecular flexibility index (Phi) is 10.4. The number of esters is 4. The number of ether oxygens (including phenoxy) is 6. The zero-order chi connectivity index (χ0) is 41.7. The molecule has 1 aliphatic rings. The van der Waals surface area contributed by atoms with E-state index < -0.39 is 97.8 Å². The summed E-state index contributed by atoms with van der Waals surface area (Å²) in [5.41, 5.74) is -0.882. The molecule has 1 N–H and O–H groups in total. The van der Waals surface area contributed by atoms with E-state index in [0.29, 0.717) is 16.5 Å². The second-order valence-electron chi connectivity index (χ2n) is 16.7. The highest BCUT2D eigenvalue weighted by atomic mass is 28.3. The van der Waals surface area contributed by atoms with Crippen LogP contribution in [0.5, 0.6) is 5.88 Å². The topological polar surface area (TPSA) is 152 Å². The maximum atomic E-state index is 13.8. The molecule has 3 rings (SSSR count). The molecular formula is C38H56N2O10Si. The van der Waals surface area contributed by atoms with Crippen molar-refractivity contribution in [3.05, 3.63) is 23.8 Å². The maximum absolute atomic E-state index is 13.8. The van der Waals surface area contributed by atoms with E-state index >= 15 is 0 Å². The number of aromatic nitrogens is 2. The lowest BCUT2D eigenvalue weighted by atomic mass is 9.93. The van der Waals surface area contributed by atoms with Crippen LogP contribution in [0.2, 0.25) is 19.6 Å². The summed E-state index contributed by atoms with van der Waals surface area (Å²) in [6.07, 6.45) is -8.12. The normalized spacial score (nSPS) is 22.6. The molecule has 0 saturated carbocycles. The SMILES string of the molecule is [2H]CC(C)(C)C(=O)OC[C@H]1OC(Oc2n[nH]c3cccc(C#C[Si](C)(C)C)c23)[C@H](OC(=O)C(C)(C)C[2H])[C@@H](OC(=O)C(C)(C)C[2H])[C@@H]1OC(=O)C(C)(C)C[2H]. The van der Waals surface area contributed by atoms with Crippen LogP contribution in [-0.4, -0.2) is 79.5 Å². The molecule has 13 heteroatoms. The summed E-state index contributed by atoms with van der Waals surface area (Å²) in [6.45, 7) is 16.1. The molecule has 282 valence electrons. The van der Waals surface area contributed by atoms with E-state index in [0.717, 1.165) is 0 Å². The van der Waals surface area contributed by atoms with Crippen molar-refractivity contribution in [1.82, 2.24) is 10.2 Å². The van der Waals surface area contributed by atoms with Gasteiger partial charge >= 0.3 is 23.9 Å². The lowest BCUT2D eigenvalue weighted by Gasteiger charge is -2.45. The Morgan fingerprint density at radius 3 is 1.84 bits per heavy atom. The van der Waals surface area contributed by atoms with Gasteiger partial charge < -0.3 is 28.4 Å². The quantitative estimate of drug-likeness (QED) is 0.147. The number of benzene rings is 1. The van der Waals surface area contributed by atoms with Crippen LogP contribution in [0.25, 0.3) is 10.9 Å². The molecule has 0 radical (unpaired) electrons. The average Bonchev–Trinajstić information content (AvgIpc) is 3.54. The van der Waals surface area contributed by atoms with Crippen LogP contribution in [0.3, 0.4) is 0 Å². The minimum Gasteiger partial charge on any atom is -0.462 e. The van der Waals surface area contributed by atoms with Gasteiger partial charge in [-0.05, 0) is 95.1 Å². The van der Waals surface area contributed by atoms with Crippen molar-refractivity contribution in [2.24, 2.45) is 21.7 Å². The Labute approximate surface area is 308 Å². The number of carbonyl (C=O) groups is 4. The highest BCUT2D eigenvalue weighted by Gasteiger charge is 2.56. The third-order valence-corrected chi connectivity index (χ3v) is 8.14. The largest absolute Gasteiger partial charge is 0.462 e. The molecule has 0 amide bonds. The van der Waals surface area contributed by atoms with E-state index in [1.54, 1.807) is 18.2 Å². The Bertz CT molecular complexity index is 1780. The van der Waals surface area contributed by atoms with Gasteiger partial charge in [0.15, 0.2) is 12.2 Å². The fourth-order valence-electron chi connectivity index (χ4n) is 4.31. The standard InChI is InChI=1S/C38H56N2O10Si/c1-35(2,3)31(41)45-21-24-26(47-32(42)36(4,5)6)27(48-33(43)37(7,8)9)28(49-34(44)38(10,11)12)30(46-24)50-29-25-22(19-20-51(13,14)15)17-16-18-23(25)39-40-29/h16-18,24,26-28,30H,21H2,1-15H3,(H,39,40)/t24-,26-,27+,28-,30?/m1/s1/i1D,4D,7D,10D. The lowest BCUT2D eigenvalue weighted by molar-refractivity contribution is -0.294. The molecule has 0 aliphatic carbocycles. The number of H-pyrrole nitrogens is 1. The zero-order valence-electron chi connectivity index (χ0n) is 35.7. The number of nitrogens with zero attached hydrogens (tertiary/aromatic N) is 1. The van der Waals surface area contributed by atoms with E-state index in [4.69, 9.17) is 33.9 Å². The highest BCUT2D eigenvalue weighted by Crippen LogP contribution is 2.36. The van der Waals surface area contributed by atoms with Crippen LogP contribution in [-0.2, 0) is 42.9 Å². The third kappa shape index (κ3) is 11.0. The molecule has 2 aromatic rings. The number of rotatable bonds is 7. The van der Waals surface area contributed by atoms with Crippen molar-refractivity contribution in [3.8, 4) is 17.3 Å². The molecule has 1 aromatic heterocycles. The van der Waals surface area contributed by atoms with Gasteiger partial charge in [-0.2, -0.15) is 0 Å². The number of aromatic amines is 1. The van der Waals surface area contributed by atoms with Crippen molar-refractivity contribution < 1.29 is 53.1 Å². The summed E-state index contributed by atoms with van der Waals surface area (Å²) in [7, 11) is -1.84. The van der Waals surface area contributed by atoms with Gasteiger partial charge in [0.1, 0.15) is 20.8 Å². The number of carbonyl (C=O) groups excluding carboxylic acids is 4. The van der Waals surface area contributed by atoms with Crippen molar-refractivity contribution in [2.75, 3.05) is 6.61 Å². The molecule has 5 atom stereocenters. The monoisotopic (exact) mass is 732 g/mol. The number of fused-ring (bicyclic) bond motifs is 1. The van der Waals surface area contributed by atoms with Crippen LogP contribution in [0, 0.1) is 33.1 Å². The molecule has 12 nitrogen and oxygen atoms in total. The molecule has 0 bridgehead atoms. The summed E-state index contributed by atoms with van der Waals surface area (Å²) in [5.74, 6) is -0.250. The second-order valence-corrected chi connectivity index (χ2v) is 21.4. The van der Waals surface area contributed by atoms with Gasteiger partial charge in [0.2, 0.25) is 18.3 Å². The number of hydrogen-bond acceptors (Lipinski definition) is 11. The first-order valence-electron chi connectivity index (χ1n) is 19.5. The van der Waals surface area contributed by atoms with E-state index in [9.17, 15) is 19.2 Å². The first-order valence-corrected chi connectivity index (χ1v) is 20.1. The minimum absolute atomic E-state index is 0.0188. The van der Waals surface area contributed by atoms with Gasteiger partial charge in [0.05, 0.1) is 32.6 Å². The first kappa shape index (κ1) is 35.5. The van der Waals surface area contributed by atoms with Crippen LogP contribution in [0.1, 0.15) is 94.0 Å². The highest BCUT2D eigenvalue weighted by molar-refractivity contribution is 6.83. The fraction of sp³-hybridized carbons (Fsp3) is 0.658. The van der Waals surface area contributed by atoms with Crippen molar-refractivity contribution in [2.45, 2.75) is 133 Å². The molecule has 1 aromatic carbocycles. The first-order chi connectivity index (χ1) is 25.3. The smallest absolute Gasteiger partial charge is 0.311 e. The van der Waals surface area contributed by atoms with E-state index in [1.165, 1.54) is 55.4 Å². The van der Waals surface area contributed by atoms with Gasteiger partial charge in [-0.15, -0.1) is 10.6 Å². The molecule has 1 unspecified atom stereocenters. The molecular weight excluding hydrogens is 673 g/mol. The summed E-state index contributed by atoms with van der Waals surface area (Å²) in [4.78, 5) is 54.3. The Morgan fingerprint density at radius 1 is 0.804 bits per heavy atom.